The predicted molar refractivity (Wildman–Crippen MR) is 124 cm³/mol. The highest BCUT2D eigenvalue weighted by atomic mass is 32.2. The molecule has 0 fully saturated rings. The van der Waals surface area contributed by atoms with Crippen molar-refractivity contribution in [2.75, 3.05) is 35.2 Å². The lowest BCUT2D eigenvalue weighted by molar-refractivity contribution is -0.126. The molecule has 3 aliphatic heterocycles. The van der Waals surface area contributed by atoms with Crippen LogP contribution < -0.4 is 32.4 Å². The summed E-state index contributed by atoms with van der Waals surface area (Å²) in [7, 11) is 0. The van der Waals surface area contributed by atoms with Gasteiger partial charge in [-0.15, -0.1) is 23.5 Å². The molecule has 4 bridgehead atoms. The lowest BCUT2D eigenvalue weighted by Crippen LogP contribution is -2.43. The third-order valence-corrected chi connectivity index (χ3v) is 7.78. The molecule has 0 aliphatic carbocycles. The molecule has 0 saturated heterocycles. The van der Waals surface area contributed by atoms with Gasteiger partial charge < -0.3 is 21.3 Å². The van der Waals surface area contributed by atoms with Crippen molar-refractivity contribution in [2.45, 2.75) is 22.1 Å². The van der Waals surface area contributed by atoms with Crippen LogP contribution in [0.4, 0.5) is 11.4 Å². The first-order valence-corrected chi connectivity index (χ1v) is 12.2. The molecule has 2 aromatic rings. The zero-order chi connectivity index (χ0) is 24.0. The van der Waals surface area contributed by atoms with Crippen molar-refractivity contribution < 1.29 is 19.2 Å². The Morgan fingerprint density at radius 3 is 1.47 bits per heavy atom. The molecule has 4 N–H and O–H groups in total. The zero-order valence-electron chi connectivity index (χ0n) is 17.5. The average Bonchev–Trinajstić information content (AvgIpc) is 3.44. The highest BCUT2D eigenvalue weighted by Gasteiger charge is 2.33. The third kappa shape index (κ3) is 3.88. The summed E-state index contributed by atoms with van der Waals surface area (Å²) in [5.41, 5.74) is -1.20. The maximum Gasteiger partial charge on any atom is 0.275 e. The number of nitrogens with one attached hydrogen (secondary N) is 4. The van der Waals surface area contributed by atoms with Gasteiger partial charge in [0.25, 0.3) is 11.1 Å². The van der Waals surface area contributed by atoms with E-state index in [1.807, 2.05) is 0 Å². The van der Waals surface area contributed by atoms with Crippen LogP contribution in [-0.2, 0) is 19.2 Å². The van der Waals surface area contributed by atoms with E-state index in [1.165, 1.54) is 44.8 Å². The maximum absolute atomic E-state index is 13.0. The Labute approximate surface area is 199 Å². The quantitative estimate of drug-likeness (QED) is 0.362. The normalized spacial score (nSPS) is 22.2. The maximum atomic E-state index is 13.0. The summed E-state index contributed by atoms with van der Waals surface area (Å²) in [6, 6.07) is 4.37. The van der Waals surface area contributed by atoms with Crippen LogP contribution in [0.15, 0.2) is 43.9 Å². The van der Waals surface area contributed by atoms with Crippen molar-refractivity contribution in [3.63, 3.8) is 0 Å². The van der Waals surface area contributed by atoms with Crippen LogP contribution in [0.1, 0.15) is 12.1 Å². The molecule has 12 nitrogen and oxygen atoms in total. The minimum atomic E-state index is -0.876. The van der Waals surface area contributed by atoms with Gasteiger partial charge in [0.2, 0.25) is 23.6 Å². The van der Waals surface area contributed by atoms with E-state index in [9.17, 15) is 28.8 Å². The number of nitrogens with zero attached hydrogens (tertiary/aromatic N) is 2. The van der Waals surface area contributed by atoms with E-state index in [1.54, 1.807) is 12.1 Å². The van der Waals surface area contributed by atoms with E-state index >= 15 is 0 Å². The Hall–Kier alpha value is -3.52. The monoisotopic (exact) mass is 502 g/mol. The number of hydrogen-bond donors (Lipinski definition) is 4. The molecule has 2 aromatic heterocycles. The molecule has 0 radical (unpaired) electrons. The number of hydrogen-bond acceptors (Lipinski definition) is 8. The first-order valence-electron chi connectivity index (χ1n) is 10.3. The van der Waals surface area contributed by atoms with Crippen LogP contribution >= 0.6 is 23.5 Å². The highest BCUT2D eigenvalue weighted by molar-refractivity contribution is 7.99. The van der Waals surface area contributed by atoms with Crippen molar-refractivity contribution in [1.29, 1.82) is 0 Å². The number of carbonyl (C=O) groups is 4. The fraction of sp³-hybridized carbons (Fsp3) is 0.300. The number of thioether (sulfide) groups is 2. The predicted octanol–water partition coefficient (Wildman–Crippen LogP) is -0.873. The largest absolute Gasteiger partial charge is 0.345 e. The second-order valence-electron chi connectivity index (χ2n) is 7.71. The van der Waals surface area contributed by atoms with Crippen molar-refractivity contribution in [3.05, 3.63) is 45.0 Å². The summed E-state index contributed by atoms with van der Waals surface area (Å²) in [5.74, 6) is -1.77. The zero-order valence-corrected chi connectivity index (χ0v) is 19.1. The molecular weight excluding hydrogens is 484 g/mol. The summed E-state index contributed by atoms with van der Waals surface area (Å²) in [6.07, 6.45) is 0. The Bertz CT molecular complexity index is 1260. The van der Waals surface area contributed by atoms with Gasteiger partial charge in [-0.2, -0.15) is 0 Å². The van der Waals surface area contributed by atoms with Crippen molar-refractivity contribution in [3.8, 4) is 0 Å². The molecule has 0 spiro atoms. The van der Waals surface area contributed by atoms with Crippen molar-refractivity contribution in [1.82, 2.24) is 19.8 Å². The van der Waals surface area contributed by atoms with Crippen LogP contribution in [0.3, 0.4) is 0 Å². The molecule has 5 rings (SSSR count). The average molecular weight is 503 g/mol. The molecule has 0 unspecified atom stereocenters. The molecule has 0 aromatic carbocycles. The van der Waals surface area contributed by atoms with E-state index in [0.29, 0.717) is 10.1 Å². The molecule has 176 valence electrons. The van der Waals surface area contributed by atoms with Gasteiger partial charge >= 0.3 is 0 Å². The van der Waals surface area contributed by atoms with E-state index in [0.717, 1.165) is 0 Å². The minimum absolute atomic E-state index is 0.0372. The van der Waals surface area contributed by atoms with Crippen LogP contribution in [-0.4, -0.2) is 57.4 Å². The van der Waals surface area contributed by atoms with Gasteiger partial charge in [-0.3, -0.25) is 37.9 Å². The van der Waals surface area contributed by atoms with Gasteiger partial charge in [0, 0.05) is 11.5 Å². The van der Waals surface area contributed by atoms with Gasteiger partial charge in [-0.25, -0.2) is 0 Å². The summed E-state index contributed by atoms with van der Waals surface area (Å²) in [5, 5.41) is 11.0. The fourth-order valence-corrected chi connectivity index (χ4v) is 6.20. The van der Waals surface area contributed by atoms with Crippen LogP contribution in [0.25, 0.3) is 0 Å². The first-order chi connectivity index (χ1) is 16.3. The number of pyridine rings is 2. The second kappa shape index (κ2) is 8.68. The Balaban J connectivity index is 1.50. The van der Waals surface area contributed by atoms with Crippen LogP contribution in [0, 0.1) is 0 Å². The summed E-state index contributed by atoms with van der Waals surface area (Å²) >= 11 is 2.60. The van der Waals surface area contributed by atoms with Crippen molar-refractivity contribution >= 4 is 58.5 Å². The van der Waals surface area contributed by atoms with E-state index < -0.39 is 59.9 Å². The molecule has 0 saturated carbocycles. The van der Waals surface area contributed by atoms with E-state index in [2.05, 4.69) is 21.3 Å². The first kappa shape index (κ1) is 22.3. The fourth-order valence-electron chi connectivity index (χ4n) is 3.91. The lowest BCUT2D eigenvalue weighted by atomic mass is 10.2. The third-order valence-electron chi connectivity index (χ3n) is 5.56. The van der Waals surface area contributed by atoms with Crippen molar-refractivity contribution in [2.24, 2.45) is 0 Å². The number of aromatic nitrogens is 2. The summed E-state index contributed by atoms with van der Waals surface area (Å²) in [4.78, 5) is 76.3. The number of carbonyl (C=O) groups excluding carboxylic acids is 4. The number of anilines is 2. The van der Waals surface area contributed by atoms with Gasteiger partial charge in [0.1, 0.15) is 23.5 Å². The molecule has 4 amide bonds. The summed E-state index contributed by atoms with van der Waals surface area (Å²) < 4.78 is 2.53. The Morgan fingerprint density at radius 2 is 1.06 bits per heavy atom. The number of fused-ring (bicyclic) bond motifs is 2. The minimum Gasteiger partial charge on any atom is -0.345 e. The lowest BCUT2D eigenvalue weighted by Gasteiger charge is -2.17. The molecule has 2 atom stereocenters. The molecule has 3 aliphatic rings. The highest BCUT2D eigenvalue weighted by Crippen LogP contribution is 2.33. The molecule has 14 heteroatoms. The van der Waals surface area contributed by atoms with E-state index in [-0.39, 0.29) is 22.9 Å². The van der Waals surface area contributed by atoms with Gasteiger partial charge in [0.15, 0.2) is 0 Å². The Morgan fingerprint density at radius 1 is 0.647 bits per heavy atom. The summed E-state index contributed by atoms with van der Waals surface area (Å²) in [6.45, 7) is -0.833. The number of rotatable bonds is 0. The van der Waals surface area contributed by atoms with Crippen LogP contribution in [0.5, 0.6) is 0 Å². The smallest absolute Gasteiger partial charge is 0.275 e. The second-order valence-corrected chi connectivity index (χ2v) is 9.79. The van der Waals surface area contributed by atoms with Gasteiger partial charge in [0.05, 0.1) is 23.1 Å². The standard InChI is InChI=1S/C20H18N6O6S2/c27-13-5-21-18(30)12-8-34-16-4-2-10(20(32)26(12)16)24-14(28)6-22-17(29)11-7-33-15-3-1-9(23-13)19(31)25(11)15/h1-4,11-12H,5-8H2,(H,21,30)(H,22,29)(H,23,27)(H,24,28)/t11-,12-/m0/s1. The van der Waals surface area contributed by atoms with Gasteiger partial charge in [-0.1, -0.05) is 0 Å². The van der Waals surface area contributed by atoms with E-state index in [4.69, 9.17) is 0 Å². The number of amides is 4. The molecule has 34 heavy (non-hydrogen) atoms. The molecule has 5 heterocycles. The topological polar surface area (TPSA) is 160 Å². The molecular formula is C20H18N6O6S2. The van der Waals surface area contributed by atoms with Gasteiger partial charge in [-0.05, 0) is 24.3 Å². The Kier molecular flexibility index (Phi) is 5.69. The SMILES string of the molecule is O=C1CNC(=O)[C@@H]2CSc3ccc(c(=O)n32)NC(=O)CNC(=O)[C@@H]2CSc3ccc(c(=O)n32)N1. The van der Waals surface area contributed by atoms with Crippen LogP contribution in [0.2, 0.25) is 0 Å².